The number of carbonyl (C=O) groups excluding carboxylic acids is 1. The molecular weight excluding hydrogens is 94.0 g/mol. The topological polar surface area (TPSA) is 41.6 Å². The van der Waals surface area contributed by atoms with E-state index >= 15 is 0 Å². The predicted octanol–water partition coefficient (Wildman–Crippen LogP) is -0.767. The number of hydrogen-bond acceptors (Lipinski definition) is 3. The summed E-state index contributed by atoms with van der Waals surface area (Å²) in [5, 5.41) is 2.87. The highest BCUT2D eigenvalue weighted by Gasteiger charge is 2.62. The minimum atomic E-state index is -0.458. The zero-order chi connectivity index (χ0) is 4.91. The lowest BCUT2D eigenvalue weighted by Gasteiger charge is -2.18. The van der Waals surface area contributed by atoms with Crippen molar-refractivity contribution >= 4 is 5.97 Å². The molecule has 2 heterocycles. The summed E-state index contributed by atoms with van der Waals surface area (Å²) in [5.74, 6) is -0.0845. The average Bonchev–Trinajstić information content (AvgIpc) is 2.10. The molecule has 2 aliphatic heterocycles. The second-order valence-electron chi connectivity index (χ2n) is 1.89. The van der Waals surface area contributed by atoms with Crippen LogP contribution in [0.25, 0.3) is 0 Å². The lowest BCUT2D eigenvalue weighted by molar-refractivity contribution is -0.117. The van der Waals surface area contributed by atoms with Crippen LogP contribution < -0.4 is 5.32 Å². The lowest BCUT2D eigenvalue weighted by atomic mass is 10.1. The smallest absolute Gasteiger partial charge is 0.368 e. The summed E-state index contributed by atoms with van der Waals surface area (Å²) >= 11 is 0. The molecule has 3 nitrogen and oxygen atoms in total. The first-order valence-electron chi connectivity index (χ1n) is 2.32. The molecular formula is C4H5NO2. The van der Waals surface area contributed by atoms with Crippen LogP contribution >= 0.6 is 0 Å². The van der Waals surface area contributed by atoms with Crippen LogP contribution in [0.2, 0.25) is 0 Å². The van der Waals surface area contributed by atoms with E-state index in [0.29, 0.717) is 0 Å². The summed E-state index contributed by atoms with van der Waals surface area (Å²) in [7, 11) is 0. The van der Waals surface area contributed by atoms with Gasteiger partial charge >= 0.3 is 5.97 Å². The number of ether oxygens (including phenoxy) is 1. The molecule has 1 N–H and O–H groups in total. The SMILES string of the molecule is O=C1O[C@]12CCN2. The van der Waals surface area contributed by atoms with Crippen LogP contribution in [0.1, 0.15) is 6.42 Å². The van der Waals surface area contributed by atoms with E-state index in [1.54, 1.807) is 0 Å². The minimum Gasteiger partial charge on any atom is -0.428 e. The maximum atomic E-state index is 10.2. The molecule has 0 aliphatic carbocycles. The van der Waals surface area contributed by atoms with E-state index in [4.69, 9.17) is 0 Å². The fourth-order valence-electron chi connectivity index (χ4n) is 0.746. The summed E-state index contributed by atoms with van der Waals surface area (Å²) in [6, 6.07) is 0. The van der Waals surface area contributed by atoms with Gasteiger partial charge in [-0.3, -0.25) is 5.32 Å². The molecule has 0 amide bonds. The largest absolute Gasteiger partial charge is 0.428 e. The third-order valence-corrected chi connectivity index (χ3v) is 1.44. The van der Waals surface area contributed by atoms with Gasteiger partial charge in [0.25, 0.3) is 5.72 Å². The van der Waals surface area contributed by atoms with Crippen molar-refractivity contribution in [2.75, 3.05) is 6.54 Å². The number of carbonyl (C=O) groups is 1. The third-order valence-electron chi connectivity index (χ3n) is 1.44. The van der Waals surface area contributed by atoms with Gasteiger partial charge in [-0.2, -0.15) is 0 Å². The molecule has 0 aromatic heterocycles. The molecule has 0 saturated carbocycles. The lowest BCUT2D eigenvalue weighted by Crippen LogP contribution is -2.47. The zero-order valence-corrected chi connectivity index (χ0v) is 3.73. The van der Waals surface area contributed by atoms with Gasteiger partial charge < -0.3 is 4.74 Å². The fourth-order valence-corrected chi connectivity index (χ4v) is 0.746. The van der Waals surface area contributed by atoms with Crippen LogP contribution in [0.15, 0.2) is 0 Å². The summed E-state index contributed by atoms with van der Waals surface area (Å²) in [4.78, 5) is 10.2. The Balaban J connectivity index is 2.18. The van der Waals surface area contributed by atoms with Crippen molar-refractivity contribution in [3.05, 3.63) is 0 Å². The van der Waals surface area contributed by atoms with E-state index in [1.807, 2.05) is 0 Å². The highest BCUT2D eigenvalue weighted by Crippen LogP contribution is 2.34. The van der Waals surface area contributed by atoms with E-state index in [1.165, 1.54) is 0 Å². The molecule has 1 spiro atoms. The molecule has 0 aromatic rings. The van der Waals surface area contributed by atoms with Gasteiger partial charge in [0.05, 0.1) is 0 Å². The molecule has 0 aromatic carbocycles. The molecule has 2 aliphatic rings. The summed E-state index contributed by atoms with van der Waals surface area (Å²) in [6.07, 6.45) is 0.867. The van der Waals surface area contributed by atoms with Crippen molar-refractivity contribution in [1.29, 1.82) is 0 Å². The quantitative estimate of drug-likeness (QED) is 0.405. The van der Waals surface area contributed by atoms with E-state index in [9.17, 15) is 4.79 Å². The monoisotopic (exact) mass is 99.0 g/mol. The Labute approximate surface area is 40.6 Å². The summed E-state index contributed by atoms with van der Waals surface area (Å²) in [5.41, 5.74) is -0.458. The molecule has 0 radical (unpaired) electrons. The second-order valence-corrected chi connectivity index (χ2v) is 1.89. The first-order valence-corrected chi connectivity index (χ1v) is 2.32. The maximum Gasteiger partial charge on any atom is 0.368 e. The van der Waals surface area contributed by atoms with Crippen LogP contribution in [0.4, 0.5) is 0 Å². The van der Waals surface area contributed by atoms with Gasteiger partial charge in [0.15, 0.2) is 0 Å². The van der Waals surface area contributed by atoms with Gasteiger partial charge in [0.2, 0.25) is 0 Å². The minimum absolute atomic E-state index is 0.0845. The Morgan fingerprint density at radius 3 is 2.43 bits per heavy atom. The van der Waals surface area contributed by atoms with Crippen LogP contribution in [0.5, 0.6) is 0 Å². The molecule has 7 heavy (non-hydrogen) atoms. The van der Waals surface area contributed by atoms with E-state index < -0.39 is 5.72 Å². The Kier molecular flexibility index (Phi) is 0.338. The van der Waals surface area contributed by atoms with Crippen molar-refractivity contribution in [2.24, 2.45) is 0 Å². The van der Waals surface area contributed by atoms with E-state index in [0.717, 1.165) is 13.0 Å². The molecule has 3 heteroatoms. The Bertz CT molecular complexity index is 128. The zero-order valence-electron chi connectivity index (χ0n) is 3.73. The van der Waals surface area contributed by atoms with E-state index in [-0.39, 0.29) is 5.97 Å². The Hall–Kier alpha value is -0.570. The van der Waals surface area contributed by atoms with Crippen molar-refractivity contribution in [2.45, 2.75) is 12.1 Å². The number of nitrogens with one attached hydrogen (secondary N) is 1. The molecule has 0 bridgehead atoms. The number of hydrogen-bond donors (Lipinski definition) is 1. The van der Waals surface area contributed by atoms with Gasteiger partial charge in [-0.15, -0.1) is 0 Å². The van der Waals surface area contributed by atoms with Gasteiger partial charge in [0, 0.05) is 13.0 Å². The second kappa shape index (κ2) is 0.690. The van der Waals surface area contributed by atoms with Crippen LogP contribution in [-0.4, -0.2) is 18.2 Å². The van der Waals surface area contributed by atoms with E-state index in [2.05, 4.69) is 10.1 Å². The van der Waals surface area contributed by atoms with Crippen molar-refractivity contribution in [3.8, 4) is 0 Å². The molecule has 0 unspecified atom stereocenters. The number of epoxide rings is 1. The first-order chi connectivity index (χ1) is 3.33. The fraction of sp³-hybridized carbons (Fsp3) is 0.750. The van der Waals surface area contributed by atoms with Crippen LogP contribution in [0, 0.1) is 0 Å². The van der Waals surface area contributed by atoms with Gasteiger partial charge in [-0.05, 0) is 0 Å². The molecule has 2 rings (SSSR count). The van der Waals surface area contributed by atoms with Gasteiger partial charge in [-0.1, -0.05) is 0 Å². The van der Waals surface area contributed by atoms with Crippen LogP contribution in [-0.2, 0) is 9.53 Å². The summed E-state index contributed by atoms with van der Waals surface area (Å²) in [6.45, 7) is 0.922. The average molecular weight is 99.1 g/mol. The van der Waals surface area contributed by atoms with Crippen LogP contribution in [0.3, 0.4) is 0 Å². The van der Waals surface area contributed by atoms with Crippen molar-refractivity contribution in [1.82, 2.24) is 5.32 Å². The molecule has 1 atom stereocenters. The maximum absolute atomic E-state index is 10.2. The molecule has 38 valence electrons. The van der Waals surface area contributed by atoms with Crippen molar-refractivity contribution < 1.29 is 9.53 Å². The Morgan fingerprint density at radius 2 is 2.43 bits per heavy atom. The highest BCUT2D eigenvalue weighted by atomic mass is 16.7. The van der Waals surface area contributed by atoms with Gasteiger partial charge in [0.1, 0.15) is 0 Å². The normalized spacial score (nSPS) is 45.4. The first kappa shape index (κ1) is 3.43. The summed E-state index contributed by atoms with van der Waals surface area (Å²) < 4.78 is 4.59. The molecule has 2 saturated heterocycles. The highest BCUT2D eigenvalue weighted by molar-refractivity contribution is 5.93. The van der Waals surface area contributed by atoms with Crippen molar-refractivity contribution in [3.63, 3.8) is 0 Å². The third kappa shape index (κ3) is 0.237. The molecule has 2 fully saturated rings. The number of rotatable bonds is 0. The Morgan fingerprint density at radius 1 is 1.86 bits per heavy atom. The standard InChI is InChI=1S/C4H5NO2/c6-3-4(7-3)1-2-5-4/h5H,1-2H2/t4-/m1/s1. The predicted molar refractivity (Wildman–Crippen MR) is 21.4 cm³/mol. The van der Waals surface area contributed by atoms with Gasteiger partial charge in [-0.25, -0.2) is 4.79 Å².